The summed E-state index contributed by atoms with van der Waals surface area (Å²) in [4.78, 5) is 12.2. The number of carbonyl (C=O) groups is 1. The van der Waals surface area contributed by atoms with Crippen LogP contribution in [-0.2, 0) is 14.6 Å². The number of nitrogens with two attached hydrogens (primary N) is 1. The zero-order valence-corrected chi connectivity index (χ0v) is 8.53. The fourth-order valence-corrected chi connectivity index (χ4v) is 2.57. The quantitative estimate of drug-likeness (QED) is 0.580. The lowest BCUT2D eigenvalue weighted by Gasteiger charge is -2.27. The Hall–Kier alpha value is -0.660. The van der Waals surface area contributed by atoms with Gasteiger partial charge in [0.2, 0.25) is 0 Å². The summed E-state index contributed by atoms with van der Waals surface area (Å²) < 4.78 is 22.1. The molecule has 14 heavy (non-hydrogen) atoms. The van der Waals surface area contributed by atoms with Crippen molar-refractivity contribution in [3.63, 3.8) is 0 Å². The van der Waals surface area contributed by atoms with Crippen molar-refractivity contribution in [1.82, 2.24) is 4.90 Å². The highest BCUT2D eigenvalue weighted by Crippen LogP contribution is 2.03. The summed E-state index contributed by atoms with van der Waals surface area (Å²) >= 11 is 0. The molecule has 1 aliphatic rings. The van der Waals surface area contributed by atoms with Gasteiger partial charge < -0.3 is 10.8 Å². The van der Waals surface area contributed by atoms with E-state index in [1.807, 2.05) is 0 Å². The maximum atomic E-state index is 11.0. The van der Waals surface area contributed by atoms with Crippen molar-refractivity contribution >= 4 is 15.8 Å². The maximum Gasteiger partial charge on any atom is 0.321 e. The van der Waals surface area contributed by atoms with Crippen LogP contribution in [0, 0.1) is 0 Å². The fourth-order valence-electron chi connectivity index (χ4n) is 1.29. The molecule has 1 fully saturated rings. The first-order valence-corrected chi connectivity index (χ1v) is 6.14. The SMILES string of the molecule is NC(CN1CCS(=O)(=O)CC1)C(=O)O. The molecule has 0 radical (unpaired) electrons. The lowest BCUT2D eigenvalue weighted by Crippen LogP contribution is -2.48. The molecule has 0 aromatic carbocycles. The Kier molecular flexibility index (Phi) is 3.46. The van der Waals surface area contributed by atoms with Gasteiger partial charge in [0.25, 0.3) is 0 Å². The van der Waals surface area contributed by atoms with E-state index in [4.69, 9.17) is 10.8 Å². The highest BCUT2D eigenvalue weighted by molar-refractivity contribution is 7.91. The molecule has 1 atom stereocenters. The Balaban J connectivity index is 2.40. The van der Waals surface area contributed by atoms with Gasteiger partial charge in [-0.05, 0) is 0 Å². The number of nitrogens with zero attached hydrogens (tertiary/aromatic N) is 1. The van der Waals surface area contributed by atoms with Gasteiger partial charge in [0.05, 0.1) is 11.5 Å². The van der Waals surface area contributed by atoms with Crippen molar-refractivity contribution in [3.8, 4) is 0 Å². The Labute approximate surface area is 82.6 Å². The average Bonchev–Trinajstić information content (AvgIpc) is 2.08. The van der Waals surface area contributed by atoms with Crippen LogP contribution in [0.2, 0.25) is 0 Å². The Morgan fingerprint density at radius 2 is 1.93 bits per heavy atom. The molecule has 0 aliphatic carbocycles. The number of aliphatic carboxylic acids is 1. The normalized spacial score (nSPS) is 24.4. The van der Waals surface area contributed by atoms with Gasteiger partial charge >= 0.3 is 5.97 Å². The highest BCUT2D eigenvalue weighted by Gasteiger charge is 2.24. The van der Waals surface area contributed by atoms with Crippen LogP contribution in [0.3, 0.4) is 0 Å². The van der Waals surface area contributed by atoms with E-state index in [1.165, 1.54) is 0 Å². The minimum Gasteiger partial charge on any atom is -0.480 e. The largest absolute Gasteiger partial charge is 0.480 e. The van der Waals surface area contributed by atoms with E-state index < -0.39 is 21.8 Å². The van der Waals surface area contributed by atoms with Crippen LogP contribution < -0.4 is 5.73 Å². The fraction of sp³-hybridized carbons (Fsp3) is 0.857. The third kappa shape index (κ3) is 3.24. The second-order valence-electron chi connectivity index (χ2n) is 3.40. The van der Waals surface area contributed by atoms with E-state index in [2.05, 4.69) is 0 Å². The van der Waals surface area contributed by atoms with E-state index in [-0.39, 0.29) is 18.1 Å². The summed E-state index contributed by atoms with van der Waals surface area (Å²) in [6.07, 6.45) is 0. The molecule has 82 valence electrons. The number of hydrogen-bond donors (Lipinski definition) is 2. The highest BCUT2D eigenvalue weighted by atomic mass is 32.2. The second kappa shape index (κ2) is 4.24. The second-order valence-corrected chi connectivity index (χ2v) is 5.70. The summed E-state index contributed by atoms with van der Waals surface area (Å²) in [6, 6.07) is -0.934. The number of sulfone groups is 1. The summed E-state index contributed by atoms with van der Waals surface area (Å²) in [6.45, 7) is 0.970. The molecule has 0 aromatic heterocycles. The van der Waals surface area contributed by atoms with Crippen molar-refractivity contribution in [2.75, 3.05) is 31.1 Å². The molecule has 0 amide bonds. The third-order valence-corrected chi connectivity index (χ3v) is 3.82. The minimum absolute atomic E-state index is 0.0966. The molecule has 0 aromatic rings. The molecule has 7 heteroatoms. The van der Waals surface area contributed by atoms with Crippen LogP contribution in [0.1, 0.15) is 0 Å². The molecule has 1 saturated heterocycles. The van der Waals surface area contributed by atoms with E-state index in [0.717, 1.165) is 0 Å². The zero-order chi connectivity index (χ0) is 10.8. The van der Waals surface area contributed by atoms with Crippen molar-refractivity contribution in [1.29, 1.82) is 0 Å². The number of carboxylic acids is 1. The van der Waals surface area contributed by atoms with E-state index in [1.54, 1.807) is 4.90 Å². The van der Waals surface area contributed by atoms with E-state index in [0.29, 0.717) is 13.1 Å². The first-order valence-electron chi connectivity index (χ1n) is 4.32. The van der Waals surface area contributed by atoms with Gasteiger partial charge in [-0.2, -0.15) is 0 Å². The van der Waals surface area contributed by atoms with Crippen LogP contribution >= 0.6 is 0 Å². The number of hydrogen-bond acceptors (Lipinski definition) is 5. The van der Waals surface area contributed by atoms with Gasteiger partial charge in [-0.25, -0.2) is 8.42 Å². The van der Waals surface area contributed by atoms with Crippen molar-refractivity contribution in [2.24, 2.45) is 5.73 Å². The molecule has 6 nitrogen and oxygen atoms in total. The van der Waals surface area contributed by atoms with Gasteiger partial charge in [0.15, 0.2) is 9.84 Å². The van der Waals surface area contributed by atoms with Gasteiger partial charge in [0, 0.05) is 19.6 Å². The smallest absolute Gasteiger partial charge is 0.321 e. The molecule has 3 N–H and O–H groups in total. The predicted octanol–water partition coefficient (Wildman–Crippen LogP) is -1.87. The summed E-state index contributed by atoms with van der Waals surface area (Å²) in [5, 5.41) is 8.55. The summed E-state index contributed by atoms with van der Waals surface area (Å²) in [5.74, 6) is -0.864. The van der Waals surface area contributed by atoms with E-state index >= 15 is 0 Å². The van der Waals surface area contributed by atoms with Crippen molar-refractivity contribution < 1.29 is 18.3 Å². The van der Waals surface area contributed by atoms with Gasteiger partial charge in [-0.1, -0.05) is 0 Å². The van der Waals surface area contributed by atoms with Crippen LogP contribution in [0.15, 0.2) is 0 Å². The number of carboxylic acid groups (broad SMARTS) is 1. The number of rotatable bonds is 3. The standard InChI is InChI=1S/C7H14N2O4S/c8-6(7(10)11)5-9-1-3-14(12,13)4-2-9/h6H,1-5,8H2,(H,10,11). The van der Waals surface area contributed by atoms with Gasteiger partial charge in [-0.15, -0.1) is 0 Å². The van der Waals surface area contributed by atoms with Crippen LogP contribution in [-0.4, -0.2) is 61.6 Å². The first kappa shape index (κ1) is 11.4. The molecular formula is C7H14N2O4S. The molecule has 0 saturated carbocycles. The van der Waals surface area contributed by atoms with Gasteiger partial charge in [-0.3, -0.25) is 9.69 Å². The zero-order valence-electron chi connectivity index (χ0n) is 7.72. The van der Waals surface area contributed by atoms with E-state index in [9.17, 15) is 13.2 Å². The molecule has 1 unspecified atom stereocenters. The summed E-state index contributed by atoms with van der Waals surface area (Å²) in [7, 11) is -2.90. The minimum atomic E-state index is -2.90. The summed E-state index contributed by atoms with van der Waals surface area (Å²) in [5.41, 5.74) is 5.32. The molecule has 1 heterocycles. The topological polar surface area (TPSA) is 101 Å². The van der Waals surface area contributed by atoms with Crippen molar-refractivity contribution in [3.05, 3.63) is 0 Å². The average molecular weight is 222 g/mol. The first-order chi connectivity index (χ1) is 6.41. The third-order valence-electron chi connectivity index (χ3n) is 2.21. The molecule has 1 rings (SSSR count). The molecular weight excluding hydrogens is 208 g/mol. The van der Waals surface area contributed by atoms with Crippen LogP contribution in [0.4, 0.5) is 0 Å². The lowest BCUT2D eigenvalue weighted by molar-refractivity contribution is -0.138. The molecule has 0 spiro atoms. The predicted molar refractivity (Wildman–Crippen MR) is 50.7 cm³/mol. The van der Waals surface area contributed by atoms with Crippen molar-refractivity contribution in [2.45, 2.75) is 6.04 Å². The Morgan fingerprint density at radius 1 is 1.43 bits per heavy atom. The lowest BCUT2D eigenvalue weighted by atomic mass is 10.3. The Bertz CT molecular complexity index is 300. The monoisotopic (exact) mass is 222 g/mol. The maximum absolute atomic E-state index is 11.0. The molecule has 0 bridgehead atoms. The van der Waals surface area contributed by atoms with Crippen LogP contribution in [0.25, 0.3) is 0 Å². The van der Waals surface area contributed by atoms with Crippen LogP contribution in [0.5, 0.6) is 0 Å². The Morgan fingerprint density at radius 3 is 2.36 bits per heavy atom. The molecule has 1 aliphatic heterocycles. The van der Waals surface area contributed by atoms with Gasteiger partial charge in [0.1, 0.15) is 6.04 Å².